The summed E-state index contributed by atoms with van der Waals surface area (Å²) in [7, 11) is 2.18. The molecule has 0 bridgehead atoms. The molecule has 1 heterocycles. The summed E-state index contributed by atoms with van der Waals surface area (Å²) < 4.78 is 0. The van der Waals surface area contributed by atoms with E-state index in [1.54, 1.807) is 0 Å². The van der Waals surface area contributed by atoms with Gasteiger partial charge in [0.1, 0.15) is 0 Å². The summed E-state index contributed by atoms with van der Waals surface area (Å²) in [4.78, 5) is 2.37. The van der Waals surface area contributed by atoms with Crippen LogP contribution in [-0.4, -0.2) is 25.0 Å². The highest BCUT2D eigenvalue weighted by atomic mass is 15.2. The molecule has 2 rings (SSSR count). The maximum absolute atomic E-state index is 3.44. The van der Waals surface area contributed by atoms with Gasteiger partial charge in [0.05, 0.1) is 0 Å². The average Bonchev–Trinajstić information content (AvgIpc) is 2.29. The van der Waals surface area contributed by atoms with E-state index in [0.717, 1.165) is 13.1 Å². The number of rotatable bonds is 0. The molecule has 0 saturated heterocycles. The lowest BCUT2D eigenvalue weighted by Gasteiger charge is -2.22. The maximum atomic E-state index is 3.44. The number of anilines is 1. The van der Waals surface area contributed by atoms with Crippen LogP contribution in [0.3, 0.4) is 0 Å². The van der Waals surface area contributed by atoms with E-state index in [0.29, 0.717) is 6.04 Å². The summed E-state index contributed by atoms with van der Waals surface area (Å²) in [5.74, 6) is 0. The second kappa shape index (κ2) is 3.38. The third-order valence-electron chi connectivity index (χ3n) is 2.85. The Bertz CT molecular complexity index is 296. The summed E-state index contributed by atoms with van der Waals surface area (Å²) in [6, 6.07) is 9.08. The zero-order valence-corrected chi connectivity index (χ0v) is 8.25. The van der Waals surface area contributed by atoms with Crippen molar-refractivity contribution in [3.63, 3.8) is 0 Å². The van der Waals surface area contributed by atoms with Crippen molar-refractivity contribution in [1.29, 1.82) is 0 Å². The highest BCUT2D eigenvalue weighted by Crippen LogP contribution is 2.27. The van der Waals surface area contributed by atoms with Gasteiger partial charge in [0.2, 0.25) is 0 Å². The normalized spacial score (nSPS) is 23.1. The van der Waals surface area contributed by atoms with Gasteiger partial charge in [0.15, 0.2) is 0 Å². The minimum atomic E-state index is 0.520. The Morgan fingerprint density at radius 3 is 3.00 bits per heavy atom. The lowest BCUT2D eigenvalue weighted by Crippen LogP contribution is -2.24. The summed E-state index contributed by atoms with van der Waals surface area (Å²) >= 11 is 0. The van der Waals surface area contributed by atoms with Crippen LogP contribution in [-0.2, 0) is 0 Å². The van der Waals surface area contributed by atoms with Crippen molar-refractivity contribution in [2.75, 3.05) is 25.5 Å². The van der Waals surface area contributed by atoms with Crippen LogP contribution in [0.2, 0.25) is 0 Å². The van der Waals surface area contributed by atoms with Gasteiger partial charge in [0.25, 0.3) is 0 Å². The van der Waals surface area contributed by atoms with E-state index in [9.17, 15) is 0 Å². The third kappa shape index (κ3) is 1.54. The summed E-state index contributed by atoms with van der Waals surface area (Å²) in [6.45, 7) is 4.40. The Labute approximate surface area is 79.6 Å². The van der Waals surface area contributed by atoms with Crippen molar-refractivity contribution in [2.45, 2.75) is 13.0 Å². The van der Waals surface area contributed by atoms with Crippen molar-refractivity contribution >= 4 is 5.69 Å². The molecule has 1 aliphatic rings. The molecule has 1 aliphatic heterocycles. The second-order valence-corrected chi connectivity index (χ2v) is 3.67. The van der Waals surface area contributed by atoms with Crippen LogP contribution in [0.5, 0.6) is 0 Å². The monoisotopic (exact) mass is 176 g/mol. The Morgan fingerprint density at radius 1 is 1.38 bits per heavy atom. The first kappa shape index (κ1) is 8.57. The van der Waals surface area contributed by atoms with Crippen LogP contribution in [0, 0.1) is 0 Å². The predicted octanol–water partition coefficient (Wildman–Crippen LogP) is 2.10. The van der Waals surface area contributed by atoms with Gasteiger partial charge in [0, 0.05) is 24.8 Å². The van der Waals surface area contributed by atoms with Crippen LogP contribution in [0.4, 0.5) is 5.69 Å². The van der Waals surface area contributed by atoms with Gasteiger partial charge in [-0.05, 0) is 25.6 Å². The fraction of sp³-hybridized carbons (Fsp3) is 0.455. The molecule has 0 amide bonds. The smallest absolute Gasteiger partial charge is 0.0389 e. The average molecular weight is 176 g/mol. The van der Waals surface area contributed by atoms with Gasteiger partial charge in [-0.3, -0.25) is 4.90 Å². The van der Waals surface area contributed by atoms with Gasteiger partial charge >= 0.3 is 0 Å². The van der Waals surface area contributed by atoms with Crippen molar-refractivity contribution in [3.8, 4) is 0 Å². The summed E-state index contributed by atoms with van der Waals surface area (Å²) in [6.07, 6.45) is 0. The highest BCUT2D eigenvalue weighted by Gasteiger charge is 2.17. The molecule has 0 saturated carbocycles. The summed E-state index contributed by atoms with van der Waals surface area (Å²) in [5, 5.41) is 3.44. The molecule has 70 valence electrons. The Hall–Kier alpha value is -1.02. The highest BCUT2D eigenvalue weighted by molar-refractivity contribution is 5.53. The Kier molecular flexibility index (Phi) is 2.23. The molecule has 1 atom stereocenters. The molecule has 2 nitrogen and oxygen atoms in total. The molecule has 1 unspecified atom stereocenters. The minimum absolute atomic E-state index is 0.520. The number of nitrogens with one attached hydrogen (secondary N) is 1. The lowest BCUT2D eigenvalue weighted by molar-refractivity contribution is 0.277. The molecule has 1 N–H and O–H groups in total. The number of fused-ring (bicyclic) bond motifs is 1. The van der Waals surface area contributed by atoms with E-state index in [1.165, 1.54) is 11.3 Å². The molecule has 0 fully saturated rings. The van der Waals surface area contributed by atoms with Gasteiger partial charge in [-0.1, -0.05) is 18.2 Å². The molecular weight excluding hydrogens is 160 g/mol. The number of hydrogen-bond acceptors (Lipinski definition) is 2. The first-order valence-electron chi connectivity index (χ1n) is 4.82. The van der Waals surface area contributed by atoms with E-state index in [-0.39, 0.29) is 0 Å². The zero-order valence-electron chi connectivity index (χ0n) is 8.25. The second-order valence-electron chi connectivity index (χ2n) is 3.67. The molecule has 13 heavy (non-hydrogen) atoms. The number of benzene rings is 1. The minimum Gasteiger partial charge on any atom is -0.383 e. The molecule has 0 aromatic heterocycles. The van der Waals surface area contributed by atoms with Crippen LogP contribution in [0.1, 0.15) is 18.5 Å². The van der Waals surface area contributed by atoms with Crippen LogP contribution in [0.25, 0.3) is 0 Å². The van der Waals surface area contributed by atoms with Gasteiger partial charge < -0.3 is 5.32 Å². The number of hydrogen-bond donors (Lipinski definition) is 1. The molecular formula is C11H16N2. The molecule has 0 radical (unpaired) electrons. The quantitative estimate of drug-likeness (QED) is 0.651. The Morgan fingerprint density at radius 2 is 2.15 bits per heavy atom. The van der Waals surface area contributed by atoms with E-state index >= 15 is 0 Å². The number of nitrogens with zero attached hydrogens (tertiary/aromatic N) is 1. The molecule has 0 spiro atoms. The lowest BCUT2D eigenvalue weighted by atomic mass is 10.1. The molecule has 2 heteroatoms. The first-order valence-corrected chi connectivity index (χ1v) is 4.82. The number of para-hydroxylation sites is 1. The van der Waals surface area contributed by atoms with E-state index in [4.69, 9.17) is 0 Å². The van der Waals surface area contributed by atoms with Gasteiger partial charge in [-0.15, -0.1) is 0 Å². The van der Waals surface area contributed by atoms with E-state index < -0.39 is 0 Å². The fourth-order valence-electron chi connectivity index (χ4n) is 1.82. The first-order chi connectivity index (χ1) is 6.29. The maximum Gasteiger partial charge on any atom is 0.0389 e. The topological polar surface area (TPSA) is 15.3 Å². The van der Waals surface area contributed by atoms with E-state index in [1.807, 2.05) is 0 Å². The van der Waals surface area contributed by atoms with Crippen molar-refractivity contribution in [2.24, 2.45) is 0 Å². The standard InChI is InChI=1S/C11H16N2/c1-9-10-5-3-4-6-11(10)12-7-8-13(9)2/h3-6,9,12H,7-8H2,1-2H3. The molecule has 1 aromatic rings. The van der Waals surface area contributed by atoms with Gasteiger partial charge in [-0.2, -0.15) is 0 Å². The molecule has 1 aromatic carbocycles. The van der Waals surface area contributed by atoms with Crippen LogP contribution >= 0.6 is 0 Å². The van der Waals surface area contributed by atoms with Crippen molar-refractivity contribution in [1.82, 2.24) is 4.90 Å². The van der Waals surface area contributed by atoms with Crippen molar-refractivity contribution < 1.29 is 0 Å². The van der Waals surface area contributed by atoms with Gasteiger partial charge in [-0.25, -0.2) is 0 Å². The molecule has 0 aliphatic carbocycles. The van der Waals surface area contributed by atoms with Crippen LogP contribution in [0.15, 0.2) is 24.3 Å². The Balaban J connectivity index is 2.40. The van der Waals surface area contributed by atoms with Crippen LogP contribution < -0.4 is 5.32 Å². The fourth-order valence-corrected chi connectivity index (χ4v) is 1.82. The third-order valence-corrected chi connectivity index (χ3v) is 2.85. The largest absolute Gasteiger partial charge is 0.383 e. The SMILES string of the molecule is CC1c2ccccc2NCCN1C. The van der Waals surface area contributed by atoms with E-state index in [2.05, 4.69) is 48.5 Å². The number of likely N-dealkylation sites (N-methyl/N-ethyl adjacent to an activating group) is 1. The van der Waals surface area contributed by atoms with Crippen molar-refractivity contribution in [3.05, 3.63) is 29.8 Å². The predicted molar refractivity (Wildman–Crippen MR) is 56.0 cm³/mol. The summed E-state index contributed by atoms with van der Waals surface area (Å²) in [5.41, 5.74) is 2.70. The zero-order chi connectivity index (χ0) is 9.26.